The first-order valence-electron chi connectivity index (χ1n) is 10.1. The Morgan fingerprint density at radius 1 is 1.15 bits per heavy atom. The van der Waals surface area contributed by atoms with Gasteiger partial charge < -0.3 is 0 Å². The zero-order valence-electron chi connectivity index (χ0n) is 15.7. The molecule has 0 aromatic heterocycles. The van der Waals surface area contributed by atoms with Crippen molar-refractivity contribution >= 4 is 5.78 Å². The summed E-state index contributed by atoms with van der Waals surface area (Å²) in [6.07, 6.45) is 8.14. The van der Waals surface area contributed by atoms with E-state index in [0.29, 0.717) is 24.2 Å². The van der Waals surface area contributed by atoms with Crippen LogP contribution >= 0.6 is 0 Å². The molecular formula is C22H29F3O. The molecule has 0 heterocycles. The van der Waals surface area contributed by atoms with Crippen molar-refractivity contribution in [3.8, 4) is 0 Å². The van der Waals surface area contributed by atoms with E-state index in [1.165, 1.54) is 12.0 Å². The molecule has 144 valence electrons. The van der Waals surface area contributed by atoms with E-state index >= 15 is 0 Å². The molecule has 4 aliphatic rings. The normalized spacial score (nSPS) is 44.7. The molecule has 0 aliphatic heterocycles. The predicted molar refractivity (Wildman–Crippen MR) is 95.4 cm³/mol. The predicted octanol–water partition coefficient (Wildman–Crippen LogP) is 6.25. The standard InChI is InChI=1S/C22H29F3O/c1-20-11-4-3-5-14(20)6-7-15-16-8-9-18(19(26)13-22(23,24)25)21(16,2)12-10-17(15)20/h3,5-6,15-18H,4,7-13H2,1-2H3/t15-,16-,17-,18+,20-,21-/m0/s1. The summed E-state index contributed by atoms with van der Waals surface area (Å²) in [5.74, 6) is 0.558. The zero-order chi connectivity index (χ0) is 18.7. The van der Waals surface area contributed by atoms with Gasteiger partial charge in [-0.1, -0.05) is 32.1 Å². The van der Waals surface area contributed by atoms with E-state index in [-0.39, 0.29) is 10.8 Å². The average molecular weight is 366 g/mol. The van der Waals surface area contributed by atoms with Gasteiger partial charge in [-0.15, -0.1) is 0 Å². The highest BCUT2D eigenvalue weighted by Gasteiger charge is 2.59. The first-order valence-corrected chi connectivity index (χ1v) is 10.1. The minimum absolute atomic E-state index is 0.215. The van der Waals surface area contributed by atoms with Crippen LogP contribution in [0.5, 0.6) is 0 Å². The van der Waals surface area contributed by atoms with Crippen LogP contribution in [0.15, 0.2) is 23.8 Å². The van der Waals surface area contributed by atoms with Crippen molar-refractivity contribution in [3.05, 3.63) is 23.8 Å². The van der Waals surface area contributed by atoms with Gasteiger partial charge in [-0.3, -0.25) is 4.79 Å². The molecule has 2 fully saturated rings. The van der Waals surface area contributed by atoms with Crippen LogP contribution in [0.25, 0.3) is 0 Å². The van der Waals surface area contributed by atoms with Crippen LogP contribution in [-0.4, -0.2) is 12.0 Å². The van der Waals surface area contributed by atoms with Gasteiger partial charge in [0.25, 0.3) is 0 Å². The van der Waals surface area contributed by atoms with Gasteiger partial charge in [0.15, 0.2) is 0 Å². The number of rotatable bonds is 2. The average Bonchev–Trinajstić information content (AvgIpc) is 2.90. The topological polar surface area (TPSA) is 17.1 Å². The summed E-state index contributed by atoms with van der Waals surface area (Å²) in [6, 6.07) is 0. The number of carbonyl (C=O) groups is 1. The maximum absolute atomic E-state index is 12.8. The highest BCUT2D eigenvalue weighted by molar-refractivity contribution is 5.82. The summed E-state index contributed by atoms with van der Waals surface area (Å²) < 4.78 is 38.3. The molecule has 0 amide bonds. The fourth-order valence-corrected chi connectivity index (χ4v) is 7.15. The van der Waals surface area contributed by atoms with Gasteiger partial charge in [0.1, 0.15) is 12.2 Å². The number of halogens is 3. The third kappa shape index (κ3) is 2.70. The van der Waals surface area contributed by atoms with Crippen molar-refractivity contribution < 1.29 is 18.0 Å². The Morgan fingerprint density at radius 2 is 1.92 bits per heavy atom. The molecule has 0 bridgehead atoms. The van der Waals surface area contributed by atoms with Gasteiger partial charge in [-0.05, 0) is 79.1 Å². The van der Waals surface area contributed by atoms with Crippen molar-refractivity contribution in [2.75, 3.05) is 0 Å². The molecule has 0 aromatic carbocycles. The number of allylic oxidation sites excluding steroid dienone is 4. The SMILES string of the molecule is C[C@]12CC[C@H]3[C@@H](CC=C4C=CCC[C@@]43C)[C@@H]1CC[C@@H]2C(=O)CC(F)(F)F. The molecule has 1 nitrogen and oxygen atoms in total. The maximum atomic E-state index is 12.8. The second-order valence-corrected chi connectivity index (χ2v) is 9.56. The van der Waals surface area contributed by atoms with E-state index in [2.05, 4.69) is 32.1 Å². The Hall–Kier alpha value is -1.06. The molecule has 0 radical (unpaired) electrons. The van der Waals surface area contributed by atoms with Crippen molar-refractivity contribution in [2.24, 2.45) is 34.5 Å². The highest BCUT2D eigenvalue weighted by atomic mass is 19.4. The van der Waals surface area contributed by atoms with E-state index in [1.807, 2.05) is 0 Å². The first kappa shape index (κ1) is 18.3. The van der Waals surface area contributed by atoms with Crippen LogP contribution < -0.4 is 0 Å². The Morgan fingerprint density at radius 3 is 2.65 bits per heavy atom. The van der Waals surface area contributed by atoms with Crippen LogP contribution in [0.4, 0.5) is 13.2 Å². The summed E-state index contributed by atoms with van der Waals surface area (Å²) in [5.41, 5.74) is 1.44. The van der Waals surface area contributed by atoms with Crippen LogP contribution in [0, 0.1) is 34.5 Å². The molecule has 0 spiro atoms. The molecular weight excluding hydrogens is 337 g/mol. The smallest absolute Gasteiger partial charge is 0.299 e. The summed E-state index contributed by atoms with van der Waals surface area (Å²) in [6.45, 7) is 4.51. The van der Waals surface area contributed by atoms with E-state index in [9.17, 15) is 18.0 Å². The van der Waals surface area contributed by atoms with Crippen LogP contribution in [0.3, 0.4) is 0 Å². The second kappa shape index (κ2) is 5.97. The summed E-state index contributed by atoms with van der Waals surface area (Å²) in [4.78, 5) is 12.4. The van der Waals surface area contributed by atoms with Crippen molar-refractivity contribution in [3.63, 3.8) is 0 Å². The lowest BCUT2D eigenvalue weighted by molar-refractivity contribution is -0.159. The van der Waals surface area contributed by atoms with Gasteiger partial charge in [0.2, 0.25) is 0 Å². The molecule has 0 saturated heterocycles. The lowest BCUT2D eigenvalue weighted by Gasteiger charge is -2.56. The fourth-order valence-electron chi connectivity index (χ4n) is 7.15. The number of ketones is 1. The quantitative estimate of drug-likeness (QED) is 0.564. The molecule has 2 saturated carbocycles. The minimum atomic E-state index is -4.38. The van der Waals surface area contributed by atoms with Gasteiger partial charge in [-0.2, -0.15) is 13.2 Å². The Bertz CT molecular complexity index is 661. The van der Waals surface area contributed by atoms with E-state index < -0.39 is 24.3 Å². The van der Waals surface area contributed by atoms with Crippen LogP contribution in [0.1, 0.15) is 65.2 Å². The Balaban J connectivity index is 1.60. The van der Waals surface area contributed by atoms with E-state index in [1.54, 1.807) is 0 Å². The number of fused-ring (bicyclic) bond motifs is 5. The molecule has 0 N–H and O–H groups in total. The number of Topliss-reactive ketones (excluding diaryl/α,β-unsaturated/α-hetero) is 1. The number of carbonyl (C=O) groups excluding carboxylic acids is 1. The Kier molecular flexibility index (Phi) is 4.20. The molecule has 4 rings (SSSR count). The molecule has 4 aliphatic carbocycles. The highest BCUT2D eigenvalue weighted by Crippen LogP contribution is 2.66. The van der Waals surface area contributed by atoms with Gasteiger partial charge in [0.05, 0.1) is 0 Å². The van der Waals surface area contributed by atoms with Gasteiger partial charge in [0, 0.05) is 5.92 Å². The van der Waals surface area contributed by atoms with Crippen molar-refractivity contribution in [1.82, 2.24) is 0 Å². The molecule has 0 aromatic rings. The summed E-state index contributed by atoms with van der Waals surface area (Å²) >= 11 is 0. The molecule has 4 heteroatoms. The largest absolute Gasteiger partial charge is 0.395 e. The minimum Gasteiger partial charge on any atom is -0.299 e. The van der Waals surface area contributed by atoms with E-state index in [0.717, 1.165) is 32.1 Å². The van der Waals surface area contributed by atoms with Crippen LogP contribution in [0.2, 0.25) is 0 Å². The van der Waals surface area contributed by atoms with Gasteiger partial charge in [-0.25, -0.2) is 0 Å². The zero-order valence-corrected chi connectivity index (χ0v) is 15.7. The third-order valence-electron chi connectivity index (χ3n) is 8.42. The summed E-state index contributed by atoms with van der Waals surface area (Å²) in [7, 11) is 0. The van der Waals surface area contributed by atoms with Gasteiger partial charge >= 0.3 is 6.18 Å². The molecule has 0 unspecified atom stereocenters. The first-order chi connectivity index (χ1) is 12.2. The fraction of sp³-hybridized carbons (Fsp3) is 0.773. The van der Waals surface area contributed by atoms with Crippen LogP contribution in [-0.2, 0) is 4.79 Å². The number of alkyl halides is 3. The lowest BCUT2D eigenvalue weighted by Crippen LogP contribution is -2.50. The second-order valence-electron chi connectivity index (χ2n) is 9.56. The number of hydrogen-bond donors (Lipinski definition) is 0. The van der Waals surface area contributed by atoms with E-state index in [4.69, 9.17) is 0 Å². The van der Waals surface area contributed by atoms with Crippen molar-refractivity contribution in [2.45, 2.75) is 71.4 Å². The molecule has 6 atom stereocenters. The monoisotopic (exact) mass is 366 g/mol. The lowest BCUT2D eigenvalue weighted by atomic mass is 9.48. The Labute approximate surface area is 154 Å². The number of hydrogen-bond acceptors (Lipinski definition) is 1. The third-order valence-corrected chi connectivity index (χ3v) is 8.42. The maximum Gasteiger partial charge on any atom is 0.395 e. The molecule has 26 heavy (non-hydrogen) atoms. The summed E-state index contributed by atoms with van der Waals surface area (Å²) in [5, 5.41) is 0. The van der Waals surface area contributed by atoms with Crippen molar-refractivity contribution in [1.29, 1.82) is 0 Å².